The van der Waals surface area contributed by atoms with E-state index in [0.29, 0.717) is 11.0 Å². The Morgan fingerprint density at radius 2 is 2.14 bits per heavy atom. The van der Waals surface area contributed by atoms with Gasteiger partial charge in [0.15, 0.2) is 0 Å². The average molecular weight is 207 g/mol. The molecule has 2 nitrogen and oxygen atoms in total. The van der Waals surface area contributed by atoms with Crippen LogP contribution in [0.5, 0.6) is 0 Å². The summed E-state index contributed by atoms with van der Waals surface area (Å²) in [7, 11) is 0. The molecular weight excluding hydrogens is 196 g/mol. The van der Waals surface area contributed by atoms with Gasteiger partial charge in [0.2, 0.25) is 0 Å². The third-order valence-electron chi connectivity index (χ3n) is 1.62. The van der Waals surface area contributed by atoms with Gasteiger partial charge in [-0.3, -0.25) is 0 Å². The second-order valence-electron chi connectivity index (χ2n) is 2.68. The Labute approximate surface area is 88.7 Å². The van der Waals surface area contributed by atoms with Gasteiger partial charge in [-0.1, -0.05) is 43.0 Å². The molecule has 0 bridgehead atoms. The SMILES string of the molecule is C=C/C=C(\C=C)c1cc(Cl)nc(C)n1. The minimum absolute atomic E-state index is 0.435. The van der Waals surface area contributed by atoms with Crippen molar-refractivity contribution >= 4 is 17.2 Å². The predicted octanol–water partition coefficient (Wildman–Crippen LogP) is 3.19. The molecule has 0 N–H and O–H groups in total. The number of nitrogens with zero attached hydrogens (tertiary/aromatic N) is 2. The number of aryl methyl sites for hydroxylation is 1. The smallest absolute Gasteiger partial charge is 0.133 e. The Bertz CT molecular complexity index is 374. The highest BCUT2D eigenvalue weighted by molar-refractivity contribution is 6.29. The summed E-state index contributed by atoms with van der Waals surface area (Å²) in [4.78, 5) is 8.22. The lowest BCUT2D eigenvalue weighted by Crippen LogP contribution is -1.93. The fourth-order valence-electron chi connectivity index (χ4n) is 1.06. The van der Waals surface area contributed by atoms with Crippen molar-refractivity contribution in [3.63, 3.8) is 0 Å². The Hall–Kier alpha value is -1.41. The van der Waals surface area contributed by atoms with Gasteiger partial charge in [0.1, 0.15) is 11.0 Å². The molecule has 3 heteroatoms. The number of rotatable bonds is 3. The van der Waals surface area contributed by atoms with E-state index < -0.39 is 0 Å². The van der Waals surface area contributed by atoms with Crippen molar-refractivity contribution in [2.24, 2.45) is 0 Å². The number of halogens is 1. The number of hydrogen-bond acceptors (Lipinski definition) is 2. The predicted molar refractivity (Wildman–Crippen MR) is 60.2 cm³/mol. The van der Waals surface area contributed by atoms with Gasteiger partial charge in [0.05, 0.1) is 5.69 Å². The van der Waals surface area contributed by atoms with Crippen LogP contribution in [0.15, 0.2) is 37.5 Å². The minimum Gasteiger partial charge on any atom is -0.233 e. The van der Waals surface area contributed by atoms with E-state index in [0.717, 1.165) is 11.3 Å². The summed E-state index contributed by atoms with van der Waals surface area (Å²) in [6, 6.07) is 1.70. The molecule has 0 atom stereocenters. The summed E-state index contributed by atoms with van der Waals surface area (Å²) in [5, 5.41) is 0.435. The second-order valence-corrected chi connectivity index (χ2v) is 3.07. The van der Waals surface area contributed by atoms with Gasteiger partial charge in [0, 0.05) is 6.07 Å². The highest BCUT2D eigenvalue weighted by Crippen LogP contribution is 2.16. The lowest BCUT2D eigenvalue weighted by molar-refractivity contribution is 1.04. The monoisotopic (exact) mass is 206 g/mol. The fourth-order valence-corrected chi connectivity index (χ4v) is 1.29. The average Bonchev–Trinajstić information content (AvgIpc) is 2.12. The normalized spacial score (nSPS) is 11.1. The lowest BCUT2D eigenvalue weighted by Gasteiger charge is -2.02. The van der Waals surface area contributed by atoms with Crippen molar-refractivity contribution in [3.8, 4) is 0 Å². The third-order valence-corrected chi connectivity index (χ3v) is 1.81. The first-order chi connectivity index (χ1) is 6.67. The Morgan fingerprint density at radius 1 is 1.43 bits per heavy atom. The summed E-state index contributed by atoms with van der Waals surface area (Å²) in [5.74, 6) is 0.643. The van der Waals surface area contributed by atoms with E-state index in [1.165, 1.54) is 0 Å². The molecule has 1 aromatic rings. The van der Waals surface area contributed by atoms with Gasteiger partial charge in [-0.25, -0.2) is 9.97 Å². The number of allylic oxidation sites excluding steroid dienone is 4. The van der Waals surface area contributed by atoms with Gasteiger partial charge in [-0.2, -0.15) is 0 Å². The maximum absolute atomic E-state index is 5.81. The largest absolute Gasteiger partial charge is 0.233 e. The van der Waals surface area contributed by atoms with Crippen LogP contribution in [-0.4, -0.2) is 9.97 Å². The number of hydrogen-bond donors (Lipinski definition) is 0. The zero-order valence-corrected chi connectivity index (χ0v) is 8.75. The summed E-state index contributed by atoms with van der Waals surface area (Å²) >= 11 is 5.81. The lowest BCUT2D eigenvalue weighted by atomic mass is 10.1. The fraction of sp³-hybridized carbons (Fsp3) is 0.0909. The number of aromatic nitrogens is 2. The van der Waals surface area contributed by atoms with Gasteiger partial charge >= 0.3 is 0 Å². The zero-order valence-electron chi connectivity index (χ0n) is 8.00. The van der Waals surface area contributed by atoms with Crippen LogP contribution in [0.1, 0.15) is 11.5 Å². The molecule has 1 aromatic heterocycles. The topological polar surface area (TPSA) is 25.8 Å². The maximum Gasteiger partial charge on any atom is 0.133 e. The van der Waals surface area contributed by atoms with Crippen LogP contribution < -0.4 is 0 Å². The quantitative estimate of drug-likeness (QED) is 0.561. The summed E-state index contributed by atoms with van der Waals surface area (Å²) in [6.45, 7) is 9.11. The van der Waals surface area contributed by atoms with Crippen LogP contribution >= 0.6 is 11.6 Å². The van der Waals surface area contributed by atoms with Gasteiger partial charge in [-0.15, -0.1) is 0 Å². The molecule has 0 aliphatic carbocycles. The van der Waals surface area contributed by atoms with E-state index in [1.807, 2.05) is 6.08 Å². The van der Waals surface area contributed by atoms with E-state index in [4.69, 9.17) is 11.6 Å². The summed E-state index contributed by atoms with van der Waals surface area (Å²) in [6.07, 6.45) is 5.22. The van der Waals surface area contributed by atoms with Crippen molar-refractivity contribution in [1.29, 1.82) is 0 Å². The Kier molecular flexibility index (Phi) is 3.60. The van der Waals surface area contributed by atoms with Crippen molar-refractivity contribution in [3.05, 3.63) is 54.1 Å². The van der Waals surface area contributed by atoms with Crippen LogP contribution in [0, 0.1) is 6.92 Å². The maximum atomic E-state index is 5.81. The van der Waals surface area contributed by atoms with E-state index >= 15 is 0 Å². The first-order valence-corrected chi connectivity index (χ1v) is 4.52. The van der Waals surface area contributed by atoms with Crippen molar-refractivity contribution in [2.45, 2.75) is 6.92 Å². The van der Waals surface area contributed by atoms with E-state index in [9.17, 15) is 0 Å². The molecule has 0 saturated carbocycles. The van der Waals surface area contributed by atoms with Crippen LogP contribution in [-0.2, 0) is 0 Å². The summed E-state index contributed by atoms with van der Waals surface area (Å²) < 4.78 is 0. The Morgan fingerprint density at radius 3 is 2.64 bits per heavy atom. The molecule has 0 aromatic carbocycles. The van der Waals surface area contributed by atoms with Gasteiger partial charge in [0.25, 0.3) is 0 Å². The molecule has 14 heavy (non-hydrogen) atoms. The zero-order chi connectivity index (χ0) is 10.6. The van der Waals surface area contributed by atoms with E-state index in [1.54, 1.807) is 25.1 Å². The molecule has 0 radical (unpaired) electrons. The van der Waals surface area contributed by atoms with Crippen LogP contribution in [0.4, 0.5) is 0 Å². The van der Waals surface area contributed by atoms with Crippen molar-refractivity contribution in [2.75, 3.05) is 0 Å². The first kappa shape index (κ1) is 10.7. The molecule has 0 spiro atoms. The molecule has 1 heterocycles. The Balaban J connectivity index is 3.23. The van der Waals surface area contributed by atoms with Crippen LogP contribution in [0.25, 0.3) is 5.57 Å². The minimum atomic E-state index is 0.435. The van der Waals surface area contributed by atoms with E-state index in [-0.39, 0.29) is 0 Å². The standard InChI is InChI=1S/C11H11ClN2/c1-4-6-9(5-2)10-7-11(12)14-8(3)13-10/h4-7H,1-2H2,3H3/b9-6+. The molecule has 0 fully saturated rings. The van der Waals surface area contributed by atoms with Crippen LogP contribution in [0.2, 0.25) is 5.15 Å². The molecule has 1 rings (SSSR count). The van der Waals surface area contributed by atoms with Crippen molar-refractivity contribution < 1.29 is 0 Å². The third kappa shape index (κ3) is 2.54. The highest BCUT2D eigenvalue weighted by Gasteiger charge is 2.02. The molecule has 72 valence electrons. The second kappa shape index (κ2) is 4.72. The molecule has 0 saturated heterocycles. The molecular formula is C11H11ClN2. The molecule has 0 amide bonds. The van der Waals surface area contributed by atoms with E-state index in [2.05, 4.69) is 23.1 Å². The van der Waals surface area contributed by atoms with Crippen LogP contribution in [0.3, 0.4) is 0 Å². The summed E-state index contributed by atoms with van der Waals surface area (Å²) in [5.41, 5.74) is 1.64. The molecule has 0 aliphatic rings. The molecule has 0 unspecified atom stereocenters. The van der Waals surface area contributed by atoms with Gasteiger partial charge in [-0.05, 0) is 12.5 Å². The highest BCUT2D eigenvalue weighted by atomic mass is 35.5. The molecule has 0 aliphatic heterocycles. The first-order valence-electron chi connectivity index (χ1n) is 4.14. The van der Waals surface area contributed by atoms with Crippen molar-refractivity contribution in [1.82, 2.24) is 9.97 Å². The van der Waals surface area contributed by atoms with Gasteiger partial charge < -0.3 is 0 Å².